The molecule has 12 heavy (non-hydrogen) atoms. The summed E-state index contributed by atoms with van der Waals surface area (Å²) < 4.78 is 5.23. The fourth-order valence-electron chi connectivity index (χ4n) is 0.900. The summed E-state index contributed by atoms with van der Waals surface area (Å²) in [6.07, 6.45) is 0. The maximum absolute atomic E-state index is 11.0. The van der Waals surface area contributed by atoms with Crippen molar-refractivity contribution in [1.29, 1.82) is 0 Å². The summed E-state index contributed by atoms with van der Waals surface area (Å²) in [5.41, 5.74) is 0.415. The van der Waals surface area contributed by atoms with Crippen LogP contribution >= 0.6 is 0 Å². The Morgan fingerprint density at radius 1 is 1.50 bits per heavy atom. The molecule has 4 heteroatoms. The van der Waals surface area contributed by atoms with Crippen LogP contribution < -0.4 is 4.90 Å². The first-order chi connectivity index (χ1) is 5.52. The second-order valence-corrected chi connectivity index (χ2v) is 2.85. The monoisotopic (exact) mass is 168 g/mol. The van der Waals surface area contributed by atoms with Crippen LogP contribution in [-0.2, 0) is 0 Å². The van der Waals surface area contributed by atoms with E-state index in [1.54, 1.807) is 11.8 Å². The van der Waals surface area contributed by atoms with Gasteiger partial charge in [-0.2, -0.15) is 4.98 Å². The number of hydrogen-bond donors (Lipinski definition) is 0. The van der Waals surface area contributed by atoms with Gasteiger partial charge in [-0.1, -0.05) is 0 Å². The van der Waals surface area contributed by atoms with E-state index in [4.69, 9.17) is 4.42 Å². The van der Waals surface area contributed by atoms with Crippen molar-refractivity contribution in [1.82, 2.24) is 4.98 Å². The lowest BCUT2D eigenvalue weighted by Crippen LogP contribution is -2.09. The van der Waals surface area contributed by atoms with Gasteiger partial charge in [0.05, 0.1) is 0 Å². The van der Waals surface area contributed by atoms with Crippen molar-refractivity contribution in [3.05, 3.63) is 11.5 Å². The van der Waals surface area contributed by atoms with E-state index in [0.717, 1.165) is 0 Å². The highest BCUT2D eigenvalue weighted by molar-refractivity contribution is 5.93. The molecule has 1 rings (SSSR count). The van der Waals surface area contributed by atoms with Crippen molar-refractivity contribution in [3.8, 4) is 0 Å². The van der Waals surface area contributed by atoms with Crippen LogP contribution in [0.25, 0.3) is 0 Å². The predicted octanol–water partition coefficient (Wildman–Crippen LogP) is 1.25. The van der Waals surface area contributed by atoms with Crippen LogP contribution in [0.3, 0.4) is 0 Å². The van der Waals surface area contributed by atoms with Gasteiger partial charge in [0.2, 0.25) is 0 Å². The lowest BCUT2D eigenvalue weighted by atomic mass is 10.3. The summed E-state index contributed by atoms with van der Waals surface area (Å²) in [7, 11) is 3.63. The van der Waals surface area contributed by atoms with Crippen molar-refractivity contribution < 1.29 is 9.21 Å². The number of ketones is 1. The van der Waals surface area contributed by atoms with Gasteiger partial charge in [-0.15, -0.1) is 0 Å². The molecule has 0 unspecified atom stereocenters. The summed E-state index contributed by atoms with van der Waals surface area (Å²) in [4.78, 5) is 16.7. The van der Waals surface area contributed by atoms with Crippen molar-refractivity contribution >= 4 is 11.8 Å². The molecule has 0 aliphatic carbocycles. The van der Waals surface area contributed by atoms with Gasteiger partial charge in [0.15, 0.2) is 5.78 Å². The number of carbonyl (C=O) groups excluding carboxylic acids is 1. The number of anilines is 1. The summed E-state index contributed by atoms with van der Waals surface area (Å²) in [6, 6.07) is 0.470. The average Bonchev–Trinajstić information content (AvgIpc) is 2.30. The van der Waals surface area contributed by atoms with E-state index in [1.807, 2.05) is 14.1 Å². The highest BCUT2D eigenvalue weighted by Gasteiger charge is 2.13. The van der Waals surface area contributed by atoms with Crippen molar-refractivity contribution in [2.45, 2.75) is 13.8 Å². The molecule has 1 heterocycles. The van der Waals surface area contributed by atoms with E-state index in [9.17, 15) is 4.79 Å². The number of Topliss-reactive ketones (excluding diaryl/α,β-unsaturated/α-hetero) is 1. The molecule has 0 N–H and O–H groups in total. The molecular weight excluding hydrogens is 156 g/mol. The molecule has 66 valence electrons. The zero-order valence-electron chi connectivity index (χ0n) is 7.71. The molecule has 0 aliphatic heterocycles. The van der Waals surface area contributed by atoms with Crippen molar-refractivity contribution in [2.24, 2.45) is 0 Å². The number of carbonyl (C=O) groups is 1. The topological polar surface area (TPSA) is 46.3 Å². The molecule has 0 amide bonds. The zero-order chi connectivity index (χ0) is 9.30. The van der Waals surface area contributed by atoms with Gasteiger partial charge in [0.25, 0.3) is 6.01 Å². The molecule has 0 bridgehead atoms. The van der Waals surface area contributed by atoms with Gasteiger partial charge in [-0.3, -0.25) is 4.79 Å². The standard InChI is InChI=1S/C8H12N2O2/c1-5(11)7-6(2)12-8(9-7)10(3)4/h1-4H3. The Kier molecular flexibility index (Phi) is 2.17. The predicted molar refractivity (Wildman–Crippen MR) is 45.6 cm³/mol. The van der Waals surface area contributed by atoms with Crippen LogP contribution in [-0.4, -0.2) is 24.9 Å². The van der Waals surface area contributed by atoms with E-state index in [2.05, 4.69) is 4.98 Å². The van der Waals surface area contributed by atoms with Gasteiger partial charge >= 0.3 is 0 Å². The third-order valence-electron chi connectivity index (χ3n) is 1.50. The zero-order valence-corrected chi connectivity index (χ0v) is 7.71. The lowest BCUT2D eigenvalue weighted by Gasteiger charge is -2.03. The van der Waals surface area contributed by atoms with Crippen molar-refractivity contribution in [3.63, 3.8) is 0 Å². The first-order valence-corrected chi connectivity index (χ1v) is 3.68. The largest absolute Gasteiger partial charge is 0.428 e. The minimum absolute atomic E-state index is 0.0654. The van der Waals surface area contributed by atoms with Gasteiger partial charge < -0.3 is 9.32 Å². The summed E-state index contributed by atoms with van der Waals surface area (Å²) in [5.74, 6) is 0.510. The third-order valence-corrected chi connectivity index (χ3v) is 1.50. The molecule has 1 aromatic rings. The van der Waals surface area contributed by atoms with E-state index in [-0.39, 0.29) is 5.78 Å². The molecule has 1 aromatic heterocycles. The molecule has 0 atom stereocenters. The summed E-state index contributed by atoms with van der Waals surface area (Å²) in [6.45, 7) is 3.21. The summed E-state index contributed by atoms with van der Waals surface area (Å²) in [5, 5.41) is 0. The molecule has 0 saturated heterocycles. The second kappa shape index (κ2) is 2.97. The highest BCUT2D eigenvalue weighted by atomic mass is 16.4. The van der Waals surface area contributed by atoms with Gasteiger partial charge in [-0.05, 0) is 6.92 Å². The van der Waals surface area contributed by atoms with Crippen LogP contribution in [0, 0.1) is 6.92 Å². The fraction of sp³-hybridized carbons (Fsp3) is 0.500. The Bertz CT molecular complexity index is 302. The smallest absolute Gasteiger partial charge is 0.297 e. The lowest BCUT2D eigenvalue weighted by molar-refractivity contribution is 0.101. The first-order valence-electron chi connectivity index (χ1n) is 3.68. The average molecular weight is 168 g/mol. The normalized spacial score (nSPS) is 10.0. The van der Waals surface area contributed by atoms with E-state index in [0.29, 0.717) is 17.5 Å². The van der Waals surface area contributed by atoms with E-state index < -0.39 is 0 Å². The van der Waals surface area contributed by atoms with E-state index >= 15 is 0 Å². The Labute approximate surface area is 71.2 Å². The minimum atomic E-state index is -0.0654. The van der Waals surface area contributed by atoms with Crippen LogP contribution in [0.1, 0.15) is 23.2 Å². The number of aryl methyl sites for hydroxylation is 1. The maximum atomic E-state index is 11.0. The van der Waals surface area contributed by atoms with Crippen LogP contribution in [0.15, 0.2) is 4.42 Å². The molecule has 0 fully saturated rings. The fourth-order valence-corrected chi connectivity index (χ4v) is 0.900. The molecule has 0 aromatic carbocycles. The minimum Gasteiger partial charge on any atom is -0.428 e. The molecule has 0 saturated carbocycles. The second-order valence-electron chi connectivity index (χ2n) is 2.85. The van der Waals surface area contributed by atoms with Crippen LogP contribution in [0.2, 0.25) is 0 Å². The molecule has 0 radical (unpaired) electrons. The van der Waals surface area contributed by atoms with Gasteiger partial charge in [-0.25, -0.2) is 0 Å². The first kappa shape index (κ1) is 8.77. The number of rotatable bonds is 2. The Morgan fingerprint density at radius 3 is 2.33 bits per heavy atom. The third kappa shape index (κ3) is 1.47. The van der Waals surface area contributed by atoms with E-state index in [1.165, 1.54) is 6.92 Å². The summed E-state index contributed by atoms with van der Waals surface area (Å²) >= 11 is 0. The molecular formula is C8H12N2O2. The number of aromatic nitrogens is 1. The van der Waals surface area contributed by atoms with Crippen LogP contribution in [0.5, 0.6) is 0 Å². The molecule has 0 spiro atoms. The van der Waals surface area contributed by atoms with Gasteiger partial charge in [0, 0.05) is 21.0 Å². The molecule has 0 aliphatic rings. The number of nitrogens with zero attached hydrogens (tertiary/aromatic N) is 2. The van der Waals surface area contributed by atoms with Gasteiger partial charge in [0.1, 0.15) is 11.5 Å². The number of hydrogen-bond acceptors (Lipinski definition) is 4. The Hall–Kier alpha value is -1.32. The van der Waals surface area contributed by atoms with Crippen LogP contribution in [0.4, 0.5) is 6.01 Å². The highest BCUT2D eigenvalue weighted by Crippen LogP contribution is 2.16. The number of oxazole rings is 1. The quantitative estimate of drug-likeness (QED) is 0.623. The SMILES string of the molecule is CC(=O)c1nc(N(C)C)oc1C. The molecule has 4 nitrogen and oxygen atoms in total. The maximum Gasteiger partial charge on any atom is 0.297 e. The Balaban J connectivity index is 3.09. The van der Waals surface area contributed by atoms with Crippen molar-refractivity contribution in [2.75, 3.05) is 19.0 Å². The Morgan fingerprint density at radius 2 is 2.08 bits per heavy atom.